The van der Waals surface area contributed by atoms with Gasteiger partial charge in [-0.3, -0.25) is 27.5 Å². The quantitative estimate of drug-likeness (QED) is 0.427. The Labute approximate surface area is 131 Å². The fraction of sp³-hybridized carbons (Fsp3) is 0.600. The highest BCUT2D eigenvalue weighted by Crippen LogP contribution is 1.87. The third kappa shape index (κ3) is 32.9. The van der Waals surface area contributed by atoms with Crippen molar-refractivity contribution in [3.05, 3.63) is 0 Å². The first-order valence-corrected chi connectivity index (χ1v) is 6.94. The van der Waals surface area contributed by atoms with E-state index in [1.807, 2.05) is 0 Å². The summed E-state index contributed by atoms with van der Waals surface area (Å²) < 4.78 is 27.5. The van der Waals surface area contributed by atoms with Gasteiger partial charge in [0.15, 0.2) is 0 Å². The van der Waals surface area contributed by atoms with Gasteiger partial charge in [-0.1, -0.05) is 0 Å². The molecule has 0 aromatic rings. The number of rotatable bonds is 8. The lowest BCUT2D eigenvalue weighted by Gasteiger charge is -1.91. The van der Waals surface area contributed by atoms with Gasteiger partial charge in [-0.25, -0.2) is 0 Å². The van der Waals surface area contributed by atoms with Gasteiger partial charge in [0, 0.05) is 0 Å². The fourth-order valence-electron chi connectivity index (χ4n) is 0.496. The molecule has 0 bridgehead atoms. The number of hydrogen-bond donors (Lipinski definition) is 4. The smallest absolute Gasteiger partial charge is 0.399 e. The normalized spacial score (nSPS) is 9.48. The van der Waals surface area contributed by atoms with E-state index in [0.29, 0.717) is 0 Å². The summed E-state index contributed by atoms with van der Waals surface area (Å²) in [6.45, 7) is 0. The highest BCUT2D eigenvalue weighted by Gasteiger charge is 2.02. The molecule has 0 saturated carbocycles. The molecule has 4 N–H and O–H groups in total. The van der Waals surface area contributed by atoms with Crippen molar-refractivity contribution >= 4 is 34.3 Å². The standard InChI is InChI=1S/2C4H6O4.C2H6O4S/c2*5-3(6)1-2-4(7)8;1-5-7(3,4)6-2/h2*1-2H2,(H,5,6)(H,7,8);1-2H3. The molecule has 0 spiro atoms. The van der Waals surface area contributed by atoms with E-state index in [4.69, 9.17) is 20.4 Å². The molecule has 12 nitrogen and oxygen atoms in total. The van der Waals surface area contributed by atoms with Crippen molar-refractivity contribution in [2.45, 2.75) is 25.7 Å². The summed E-state index contributed by atoms with van der Waals surface area (Å²) in [6, 6.07) is 0. The van der Waals surface area contributed by atoms with Gasteiger partial charge in [0.05, 0.1) is 39.9 Å². The van der Waals surface area contributed by atoms with Crippen LogP contribution in [0.15, 0.2) is 0 Å². The predicted octanol–water partition coefficient (Wildman–Crippen LogP) is -0.604. The van der Waals surface area contributed by atoms with Gasteiger partial charge in [-0.05, 0) is 0 Å². The Hall–Kier alpha value is -2.25. The first kappa shape index (κ1) is 25.7. The minimum Gasteiger partial charge on any atom is -0.481 e. The van der Waals surface area contributed by atoms with Crippen LogP contribution in [-0.4, -0.2) is 66.9 Å². The number of carboxylic acid groups (broad SMARTS) is 4. The van der Waals surface area contributed by atoms with E-state index in [-0.39, 0.29) is 25.7 Å². The molecular formula is C10H18O12S. The van der Waals surface area contributed by atoms with E-state index in [1.54, 1.807) is 0 Å². The van der Waals surface area contributed by atoms with Crippen LogP contribution in [0.4, 0.5) is 0 Å². The Balaban J connectivity index is -0.000000262. The molecular weight excluding hydrogens is 344 g/mol. The van der Waals surface area contributed by atoms with Gasteiger partial charge in [0.25, 0.3) is 0 Å². The summed E-state index contributed by atoms with van der Waals surface area (Å²) in [4.78, 5) is 38.6. The van der Waals surface area contributed by atoms with Gasteiger partial charge in [-0.2, -0.15) is 8.42 Å². The second kappa shape index (κ2) is 14.7. The van der Waals surface area contributed by atoms with Crippen LogP contribution in [0.5, 0.6) is 0 Å². The molecule has 0 atom stereocenters. The number of hydrogen-bond acceptors (Lipinski definition) is 8. The molecule has 136 valence electrons. The van der Waals surface area contributed by atoms with Crippen LogP contribution >= 0.6 is 0 Å². The van der Waals surface area contributed by atoms with Crippen LogP contribution in [0, 0.1) is 0 Å². The number of aliphatic carboxylic acids is 4. The molecule has 0 rings (SSSR count). The summed E-state index contributed by atoms with van der Waals surface area (Å²) in [7, 11) is -1.60. The van der Waals surface area contributed by atoms with Crippen molar-refractivity contribution < 1.29 is 56.4 Å². The van der Waals surface area contributed by atoms with Crippen LogP contribution in [0.25, 0.3) is 0 Å². The lowest BCUT2D eigenvalue weighted by atomic mass is 10.3. The van der Waals surface area contributed by atoms with Crippen molar-refractivity contribution in [1.82, 2.24) is 0 Å². The highest BCUT2D eigenvalue weighted by molar-refractivity contribution is 7.81. The van der Waals surface area contributed by atoms with Crippen LogP contribution in [0.3, 0.4) is 0 Å². The van der Waals surface area contributed by atoms with Crippen molar-refractivity contribution in [2.24, 2.45) is 0 Å². The lowest BCUT2D eigenvalue weighted by molar-refractivity contribution is -0.143. The Morgan fingerprint density at radius 2 is 0.826 bits per heavy atom. The van der Waals surface area contributed by atoms with Crippen molar-refractivity contribution in [2.75, 3.05) is 14.2 Å². The van der Waals surface area contributed by atoms with Crippen molar-refractivity contribution in [3.63, 3.8) is 0 Å². The largest absolute Gasteiger partial charge is 0.481 e. The van der Waals surface area contributed by atoms with Gasteiger partial charge >= 0.3 is 34.3 Å². The maximum absolute atomic E-state index is 9.92. The lowest BCUT2D eigenvalue weighted by Crippen LogP contribution is -2.02. The Kier molecular flexibility index (Phi) is 16.4. The molecule has 0 amide bonds. The monoisotopic (exact) mass is 362 g/mol. The van der Waals surface area contributed by atoms with Crippen LogP contribution < -0.4 is 0 Å². The molecule has 13 heteroatoms. The molecule has 0 radical (unpaired) electrons. The average Bonchev–Trinajstić information content (AvgIpc) is 2.44. The van der Waals surface area contributed by atoms with Gasteiger partial charge in [0.1, 0.15) is 0 Å². The van der Waals surface area contributed by atoms with E-state index in [9.17, 15) is 27.6 Å². The van der Waals surface area contributed by atoms with Gasteiger partial charge < -0.3 is 20.4 Å². The summed E-state index contributed by atoms with van der Waals surface area (Å²) in [5, 5.41) is 31.6. The Bertz CT molecular complexity index is 414. The molecule has 23 heavy (non-hydrogen) atoms. The van der Waals surface area contributed by atoms with Gasteiger partial charge in [0.2, 0.25) is 0 Å². The van der Waals surface area contributed by atoms with E-state index in [1.165, 1.54) is 0 Å². The zero-order valence-corrected chi connectivity index (χ0v) is 13.1. The zero-order valence-electron chi connectivity index (χ0n) is 12.3. The Morgan fingerprint density at radius 3 is 0.870 bits per heavy atom. The first-order chi connectivity index (χ1) is 10.4. The maximum atomic E-state index is 9.92. The summed E-state index contributed by atoms with van der Waals surface area (Å²) in [6.07, 6.45) is -1.19. The van der Waals surface area contributed by atoms with Gasteiger partial charge in [-0.15, -0.1) is 0 Å². The maximum Gasteiger partial charge on any atom is 0.399 e. The first-order valence-electron chi connectivity index (χ1n) is 5.61. The fourth-order valence-corrected chi connectivity index (χ4v) is 0.632. The second-order valence-electron chi connectivity index (χ2n) is 3.32. The zero-order chi connectivity index (χ0) is 19.1. The average molecular weight is 362 g/mol. The SMILES string of the molecule is COS(=O)(=O)OC.O=C(O)CCC(=O)O.O=C(O)CCC(=O)O. The highest BCUT2D eigenvalue weighted by atomic mass is 32.3. The second-order valence-corrected chi connectivity index (χ2v) is 4.80. The summed E-state index contributed by atoms with van der Waals surface area (Å²) >= 11 is 0. The van der Waals surface area contributed by atoms with Crippen LogP contribution in [0.1, 0.15) is 25.7 Å². The predicted molar refractivity (Wildman–Crippen MR) is 71.9 cm³/mol. The molecule has 0 unspecified atom stereocenters. The number of carboxylic acids is 4. The minimum absolute atomic E-state index is 0.296. The number of carbonyl (C=O) groups is 4. The molecule has 0 aliphatic rings. The molecule has 0 heterocycles. The molecule has 0 aromatic heterocycles. The van der Waals surface area contributed by atoms with Crippen molar-refractivity contribution in [1.29, 1.82) is 0 Å². The third-order valence-electron chi connectivity index (χ3n) is 1.51. The summed E-state index contributed by atoms with van der Waals surface area (Å²) in [5.74, 6) is -4.31. The van der Waals surface area contributed by atoms with Crippen molar-refractivity contribution in [3.8, 4) is 0 Å². The van der Waals surface area contributed by atoms with Crippen LogP contribution in [0.2, 0.25) is 0 Å². The summed E-state index contributed by atoms with van der Waals surface area (Å²) in [5.41, 5.74) is 0. The molecule has 0 fully saturated rings. The van der Waals surface area contributed by atoms with E-state index in [0.717, 1.165) is 14.2 Å². The van der Waals surface area contributed by atoms with E-state index < -0.39 is 34.3 Å². The molecule has 0 aromatic carbocycles. The topological polar surface area (TPSA) is 202 Å². The van der Waals surface area contributed by atoms with E-state index >= 15 is 0 Å². The third-order valence-corrected chi connectivity index (χ3v) is 2.33. The molecule has 0 saturated heterocycles. The van der Waals surface area contributed by atoms with E-state index in [2.05, 4.69) is 8.37 Å². The minimum atomic E-state index is -3.66. The molecule has 0 aliphatic carbocycles. The molecule has 0 aliphatic heterocycles. The van der Waals surface area contributed by atoms with Crippen LogP contribution in [-0.2, 0) is 37.9 Å². The Morgan fingerprint density at radius 1 is 0.652 bits per heavy atom.